The van der Waals surface area contributed by atoms with Gasteiger partial charge in [0.15, 0.2) is 5.96 Å². The molecule has 0 aromatic heterocycles. The van der Waals surface area contributed by atoms with Crippen molar-refractivity contribution in [2.24, 2.45) is 4.99 Å². The van der Waals surface area contributed by atoms with Crippen LogP contribution in [0.25, 0.3) is 0 Å². The number of ether oxygens (including phenoxy) is 1. The first-order chi connectivity index (χ1) is 13.6. The van der Waals surface area contributed by atoms with Crippen LogP contribution in [0.5, 0.6) is 0 Å². The van der Waals surface area contributed by atoms with Crippen molar-refractivity contribution in [3.05, 3.63) is 35.4 Å². The maximum absolute atomic E-state index is 5.56. The molecule has 0 saturated carbocycles. The minimum absolute atomic E-state index is 0. The standard InChI is InChI=1S/C22H37N5O.HI/c1-23-21(25-18-22(26(2)3)10-14-28-15-11-22)24-16-19-6-8-20(9-7-19)17-27-12-4-5-13-27;/h6-9H,4-5,10-18H2,1-3H3,(H2,23,24,25);1H. The Kier molecular flexibility index (Phi) is 10.1. The number of guanidine groups is 1. The van der Waals surface area contributed by atoms with Gasteiger partial charge in [-0.1, -0.05) is 24.3 Å². The van der Waals surface area contributed by atoms with Crippen LogP contribution >= 0.6 is 24.0 Å². The molecule has 2 N–H and O–H groups in total. The third-order valence-electron chi connectivity index (χ3n) is 6.27. The highest BCUT2D eigenvalue weighted by Gasteiger charge is 2.34. The molecule has 2 saturated heterocycles. The smallest absolute Gasteiger partial charge is 0.191 e. The van der Waals surface area contributed by atoms with Crippen molar-refractivity contribution >= 4 is 29.9 Å². The van der Waals surface area contributed by atoms with E-state index in [0.29, 0.717) is 0 Å². The van der Waals surface area contributed by atoms with E-state index in [1.807, 2.05) is 7.05 Å². The van der Waals surface area contributed by atoms with E-state index in [9.17, 15) is 0 Å². The summed E-state index contributed by atoms with van der Waals surface area (Å²) in [6.07, 6.45) is 4.78. The van der Waals surface area contributed by atoms with Crippen molar-refractivity contribution < 1.29 is 4.74 Å². The summed E-state index contributed by atoms with van der Waals surface area (Å²) < 4.78 is 5.56. The second kappa shape index (κ2) is 12.1. The van der Waals surface area contributed by atoms with Crippen LogP contribution in [0.15, 0.2) is 29.3 Å². The summed E-state index contributed by atoms with van der Waals surface area (Å²) in [5.74, 6) is 0.855. The highest BCUT2D eigenvalue weighted by molar-refractivity contribution is 14.0. The Morgan fingerprint density at radius 3 is 2.28 bits per heavy atom. The molecule has 2 aliphatic heterocycles. The summed E-state index contributed by atoms with van der Waals surface area (Å²) in [6, 6.07) is 8.97. The van der Waals surface area contributed by atoms with E-state index in [0.717, 1.165) is 51.6 Å². The van der Waals surface area contributed by atoms with E-state index in [4.69, 9.17) is 4.74 Å². The second-order valence-corrected chi connectivity index (χ2v) is 8.31. The largest absolute Gasteiger partial charge is 0.381 e. The molecular weight excluding hydrogens is 477 g/mol. The molecule has 6 nitrogen and oxygen atoms in total. The molecule has 164 valence electrons. The molecule has 7 heteroatoms. The predicted molar refractivity (Wildman–Crippen MR) is 131 cm³/mol. The molecule has 0 bridgehead atoms. The lowest BCUT2D eigenvalue weighted by Gasteiger charge is -2.43. The molecule has 0 radical (unpaired) electrons. The van der Waals surface area contributed by atoms with Gasteiger partial charge in [-0.25, -0.2) is 0 Å². The summed E-state index contributed by atoms with van der Waals surface area (Å²) in [5.41, 5.74) is 2.81. The first-order valence-corrected chi connectivity index (χ1v) is 10.6. The highest BCUT2D eigenvalue weighted by Crippen LogP contribution is 2.25. The average molecular weight is 515 g/mol. The number of nitrogens with zero attached hydrogens (tertiary/aromatic N) is 3. The van der Waals surface area contributed by atoms with E-state index in [1.54, 1.807) is 0 Å². The molecule has 0 spiro atoms. The minimum Gasteiger partial charge on any atom is -0.381 e. The normalized spacial score (nSPS) is 19.8. The van der Waals surface area contributed by atoms with Crippen LogP contribution in [0.3, 0.4) is 0 Å². The fourth-order valence-corrected chi connectivity index (χ4v) is 4.15. The molecule has 0 atom stereocenters. The lowest BCUT2D eigenvalue weighted by atomic mass is 9.88. The molecule has 0 unspecified atom stereocenters. The van der Waals surface area contributed by atoms with Crippen molar-refractivity contribution in [3.63, 3.8) is 0 Å². The zero-order valence-electron chi connectivity index (χ0n) is 18.2. The Bertz CT molecular complexity index is 623. The molecule has 2 aliphatic rings. The number of halogens is 1. The van der Waals surface area contributed by atoms with Gasteiger partial charge in [0.05, 0.1) is 0 Å². The summed E-state index contributed by atoms with van der Waals surface area (Å²) >= 11 is 0. The number of hydrogen-bond acceptors (Lipinski definition) is 4. The van der Waals surface area contributed by atoms with E-state index >= 15 is 0 Å². The van der Waals surface area contributed by atoms with Crippen molar-refractivity contribution in [2.45, 2.75) is 44.3 Å². The van der Waals surface area contributed by atoms with Gasteiger partial charge in [0, 0.05) is 45.4 Å². The highest BCUT2D eigenvalue weighted by atomic mass is 127. The van der Waals surface area contributed by atoms with Gasteiger partial charge in [-0.2, -0.15) is 0 Å². The molecule has 2 fully saturated rings. The number of nitrogens with one attached hydrogen (secondary N) is 2. The van der Waals surface area contributed by atoms with E-state index < -0.39 is 0 Å². The van der Waals surface area contributed by atoms with Crippen molar-refractivity contribution in [1.82, 2.24) is 20.4 Å². The molecule has 1 aromatic rings. The summed E-state index contributed by atoms with van der Waals surface area (Å²) in [4.78, 5) is 9.27. The van der Waals surface area contributed by atoms with Crippen molar-refractivity contribution in [2.75, 3.05) is 54.0 Å². The van der Waals surface area contributed by atoms with E-state index in [1.165, 1.54) is 37.1 Å². The molecular formula is C22H38IN5O. The maximum Gasteiger partial charge on any atom is 0.191 e. The SMILES string of the molecule is CN=C(NCc1ccc(CN2CCCC2)cc1)NCC1(N(C)C)CCOCC1.I. The van der Waals surface area contributed by atoms with Crippen LogP contribution < -0.4 is 10.6 Å². The first kappa shape index (κ1) is 24.4. The van der Waals surface area contributed by atoms with Gasteiger partial charge in [0.2, 0.25) is 0 Å². The van der Waals surface area contributed by atoms with Crippen LogP contribution in [-0.4, -0.2) is 75.3 Å². The maximum atomic E-state index is 5.56. The van der Waals surface area contributed by atoms with Crippen LogP contribution in [0.1, 0.15) is 36.8 Å². The van der Waals surface area contributed by atoms with Gasteiger partial charge in [-0.05, 0) is 64.0 Å². The zero-order valence-corrected chi connectivity index (χ0v) is 20.6. The van der Waals surface area contributed by atoms with E-state index in [-0.39, 0.29) is 29.5 Å². The fraction of sp³-hybridized carbons (Fsp3) is 0.682. The molecule has 0 aliphatic carbocycles. The number of likely N-dealkylation sites (tertiary alicyclic amines) is 1. The molecule has 3 rings (SSSR count). The Labute approximate surface area is 193 Å². The van der Waals surface area contributed by atoms with Gasteiger partial charge in [-0.15, -0.1) is 24.0 Å². The van der Waals surface area contributed by atoms with Gasteiger partial charge in [-0.3, -0.25) is 9.89 Å². The zero-order chi connectivity index (χ0) is 19.8. The third-order valence-corrected chi connectivity index (χ3v) is 6.27. The lowest BCUT2D eigenvalue weighted by Crippen LogP contribution is -2.57. The Hall–Kier alpha value is -0.900. The predicted octanol–water partition coefficient (Wildman–Crippen LogP) is 2.68. The van der Waals surface area contributed by atoms with Crippen LogP contribution in [-0.2, 0) is 17.8 Å². The topological polar surface area (TPSA) is 52.1 Å². The van der Waals surface area contributed by atoms with Crippen molar-refractivity contribution in [1.29, 1.82) is 0 Å². The summed E-state index contributed by atoms with van der Waals surface area (Å²) in [5, 5.41) is 6.98. The van der Waals surface area contributed by atoms with Crippen LogP contribution in [0, 0.1) is 0 Å². The molecule has 1 aromatic carbocycles. The van der Waals surface area contributed by atoms with Crippen molar-refractivity contribution in [3.8, 4) is 0 Å². The van der Waals surface area contributed by atoms with Gasteiger partial charge in [0.1, 0.15) is 0 Å². The quantitative estimate of drug-likeness (QED) is 0.333. The van der Waals surface area contributed by atoms with Gasteiger partial charge < -0.3 is 20.3 Å². The molecule has 29 heavy (non-hydrogen) atoms. The van der Waals surface area contributed by atoms with E-state index in [2.05, 4.69) is 63.8 Å². The molecule has 0 amide bonds. The average Bonchev–Trinajstić information content (AvgIpc) is 3.23. The molecule has 2 heterocycles. The second-order valence-electron chi connectivity index (χ2n) is 8.31. The van der Waals surface area contributed by atoms with Gasteiger partial charge >= 0.3 is 0 Å². The number of hydrogen-bond donors (Lipinski definition) is 2. The Balaban J connectivity index is 0.00000300. The Morgan fingerprint density at radius 1 is 1.07 bits per heavy atom. The minimum atomic E-state index is 0. The van der Waals surface area contributed by atoms with Crippen LogP contribution in [0.4, 0.5) is 0 Å². The number of benzene rings is 1. The monoisotopic (exact) mass is 515 g/mol. The third kappa shape index (κ3) is 7.08. The number of aliphatic imine (C=N–C) groups is 1. The lowest BCUT2D eigenvalue weighted by molar-refractivity contribution is -0.00501. The van der Waals surface area contributed by atoms with Gasteiger partial charge in [0.25, 0.3) is 0 Å². The Morgan fingerprint density at radius 2 is 1.69 bits per heavy atom. The summed E-state index contributed by atoms with van der Waals surface area (Å²) in [6.45, 7) is 6.87. The first-order valence-electron chi connectivity index (χ1n) is 10.6. The number of likely N-dealkylation sites (N-methyl/N-ethyl adjacent to an activating group) is 1. The van der Waals surface area contributed by atoms with Crippen LogP contribution in [0.2, 0.25) is 0 Å². The fourth-order valence-electron chi connectivity index (χ4n) is 4.15. The number of rotatable bonds is 7. The summed E-state index contributed by atoms with van der Waals surface area (Å²) in [7, 11) is 6.15.